The fourth-order valence-electron chi connectivity index (χ4n) is 4.23. The van der Waals surface area contributed by atoms with Gasteiger partial charge in [-0.05, 0) is 50.6 Å². The highest BCUT2D eigenvalue weighted by Gasteiger charge is 2.26. The van der Waals surface area contributed by atoms with Crippen LogP contribution < -0.4 is 14.2 Å². The van der Waals surface area contributed by atoms with Crippen molar-refractivity contribution < 1.29 is 23.7 Å². The zero-order valence-corrected chi connectivity index (χ0v) is 22.1. The topological polar surface area (TPSA) is 83.0 Å². The molecule has 1 aliphatic rings. The lowest BCUT2D eigenvalue weighted by molar-refractivity contribution is 0.0515. The molecule has 1 aromatic carbocycles. The summed E-state index contributed by atoms with van der Waals surface area (Å²) < 4.78 is 22.9. The molecule has 196 valence electrons. The first-order valence-corrected chi connectivity index (χ1v) is 12.7. The summed E-state index contributed by atoms with van der Waals surface area (Å²) in [7, 11) is 1.62. The quantitative estimate of drug-likeness (QED) is 0.364. The minimum absolute atomic E-state index is 0.0167. The number of amides is 1. The van der Waals surface area contributed by atoms with Crippen molar-refractivity contribution in [2.45, 2.75) is 58.7 Å². The maximum atomic E-state index is 12.1. The molecule has 8 heteroatoms. The Hall–Kier alpha value is -3.81. The van der Waals surface area contributed by atoms with Crippen molar-refractivity contribution in [3.8, 4) is 23.3 Å². The van der Waals surface area contributed by atoms with Crippen molar-refractivity contribution in [1.82, 2.24) is 14.9 Å². The van der Waals surface area contributed by atoms with E-state index in [0.717, 1.165) is 35.4 Å². The van der Waals surface area contributed by atoms with Crippen LogP contribution >= 0.6 is 0 Å². The molecular formula is C29H35N3O5. The molecule has 0 bridgehead atoms. The Morgan fingerprint density at radius 3 is 2.43 bits per heavy atom. The second-order valence-corrected chi connectivity index (χ2v) is 9.47. The minimum atomic E-state index is -0.260. The van der Waals surface area contributed by atoms with Crippen molar-refractivity contribution in [2.75, 3.05) is 20.2 Å². The number of carbonyl (C=O) groups excluding carboxylic acids is 1. The van der Waals surface area contributed by atoms with Gasteiger partial charge in [-0.3, -0.25) is 0 Å². The Morgan fingerprint density at radius 2 is 1.76 bits per heavy atom. The number of ether oxygens (including phenoxy) is 4. The van der Waals surface area contributed by atoms with Gasteiger partial charge in [-0.25, -0.2) is 14.8 Å². The Kier molecular flexibility index (Phi) is 8.48. The van der Waals surface area contributed by atoms with Gasteiger partial charge in [-0.15, -0.1) is 0 Å². The molecule has 0 aliphatic carbocycles. The van der Waals surface area contributed by atoms with Gasteiger partial charge in [0.2, 0.25) is 11.8 Å². The van der Waals surface area contributed by atoms with E-state index in [1.165, 1.54) is 0 Å². The predicted molar refractivity (Wildman–Crippen MR) is 141 cm³/mol. The number of hydrogen-bond acceptors (Lipinski definition) is 7. The second-order valence-electron chi connectivity index (χ2n) is 9.47. The summed E-state index contributed by atoms with van der Waals surface area (Å²) in [6.45, 7) is 8.99. The largest absolute Gasteiger partial charge is 0.490 e. The zero-order chi connectivity index (χ0) is 26.4. The van der Waals surface area contributed by atoms with Crippen LogP contribution in [0.2, 0.25) is 0 Å². The molecule has 3 aromatic rings. The summed E-state index contributed by atoms with van der Waals surface area (Å²) >= 11 is 0. The first kappa shape index (κ1) is 26.3. The van der Waals surface area contributed by atoms with Crippen LogP contribution in [0.25, 0.3) is 0 Å². The van der Waals surface area contributed by atoms with Crippen molar-refractivity contribution in [2.24, 2.45) is 0 Å². The van der Waals surface area contributed by atoms with Crippen molar-refractivity contribution in [3.63, 3.8) is 0 Å². The monoisotopic (exact) mass is 505 g/mol. The highest BCUT2D eigenvalue weighted by Crippen LogP contribution is 2.32. The summed E-state index contributed by atoms with van der Waals surface area (Å²) in [5, 5.41) is 0. The lowest BCUT2D eigenvalue weighted by Gasteiger charge is -2.32. The number of hydrogen-bond donors (Lipinski definition) is 0. The van der Waals surface area contributed by atoms with E-state index in [4.69, 9.17) is 18.9 Å². The Morgan fingerprint density at radius 1 is 1.03 bits per heavy atom. The zero-order valence-electron chi connectivity index (χ0n) is 22.1. The Balaban J connectivity index is 1.37. The molecule has 0 radical (unpaired) electrons. The van der Waals surface area contributed by atoms with Gasteiger partial charge >= 0.3 is 6.09 Å². The molecule has 1 amide bonds. The third-order valence-corrected chi connectivity index (χ3v) is 6.43. The fourth-order valence-corrected chi connectivity index (χ4v) is 4.23. The standard InChI is InChI=1S/C29H35N3O5/c1-19(2)35-29(33)32-17-14-24(15-18-32)36-26-13-16-30-28(21(26)4)37-23-11-9-22(10-12-23)20(3)25-7-6-8-27(31-25)34-5/h6-13,16,19-20,24H,14-15,17-18H2,1-5H3. The molecule has 0 saturated carbocycles. The molecule has 1 unspecified atom stereocenters. The van der Waals surface area contributed by atoms with Crippen LogP contribution in [0.5, 0.6) is 23.3 Å². The summed E-state index contributed by atoms with van der Waals surface area (Å²) in [5.74, 6) is 2.65. The summed E-state index contributed by atoms with van der Waals surface area (Å²) in [5.41, 5.74) is 2.90. The Labute approximate surface area is 218 Å². The number of carbonyl (C=O) groups is 1. The van der Waals surface area contributed by atoms with Gasteiger partial charge in [0.1, 0.15) is 17.6 Å². The number of aromatic nitrogens is 2. The molecule has 37 heavy (non-hydrogen) atoms. The molecule has 0 spiro atoms. The number of benzene rings is 1. The summed E-state index contributed by atoms with van der Waals surface area (Å²) in [6.07, 6.45) is 2.81. The lowest BCUT2D eigenvalue weighted by Crippen LogP contribution is -2.42. The molecule has 1 fully saturated rings. The number of methoxy groups -OCH3 is 1. The molecule has 1 aliphatic heterocycles. The van der Waals surface area contributed by atoms with Gasteiger partial charge in [0.25, 0.3) is 0 Å². The maximum Gasteiger partial charge on any atom is 0.410 e. The first-order valence-electron chi connectivity index (χ1n) is 12.7. The molecule has 0 N–H and O–H groups in total. The fraction of sp³-hybridized carbons (Fsp3) is 0.414. The average molecular weight is 506 g/mol. The minimum Gasteiger partial charge on any atom is -0.490 e. The van der Waals surface area contributed by atoms with Gasteiger partial charge < -0.3 is 23.8 Å². The Bertz CT molecular complexity index is 1190. The number of nitrogens with zero attached hydrogens (tertiary/aromatic N) is 3. The normalized spacial score (nSPS) is 14.8. The van der Waals surface area contributed by atoms with E-state index < -0.39 is 0 Å². The van der Waals surface area contributed by atoms with Crippen LogP contribution in [-0.2, 0) is 4.74 Å². The summed E-state index contributed by atoms with van der Waals surface area (Å²) in [6, 6.07) is 15.6. The smallest absolute Gasteiger partial charge is 0.410 e. The first-order chi connectivity index (χ1) is 17.8. The molecular weight excluding hydrogens is 470 g/mol. The van der Waals surface area contributed by atoms with E-state index in [1.807, 2.05) is 69.3 Å². The molecule has 8 nitrogen and oxygen atoms in total. The molecule has 3 heterocycles. The van der Waals surface area contributed by atoms with E-state index in [0.29, 0.717) is 30.6 Å². The lowest BCUT2D eigenvalue weighted by atomic mass is 9.97. The number of likely N-dealkylation sites (tertiary alicyclic amines) is 1. The third-order valence-electron chi connectivity index (χ3n) is 6.43. The van der Waals surface area contributed by atoms with E-state index in [1.54, 1.807) is 18.2 Å². The van der Waals surface area contributed by atoms with Gasteiger partial charge in [0.05, 0.1) is 24.5 Å². The van der Waals surface area contributed by atoms with E-state index in [-0.39, 0.29) is 24.2 Å². The highest BCUT2D eigenvalue weighted by atomic mass is 16.6. The molecule has 4 rings (SSSR count). The van der Waals surface area contributed by atoms with Crippen LogP contribution in [0.15, 0.2) is 54.7 Å². The van der Waals surface area contributed by atoms with Gasteiger partial charge in [0.15, 0.2) is 0 Å². The van der Waals surface area contributed by atoms with Gasteiger partial charge in [-0.2, -0.15) is 0 Å². The predicted octanol–water partition coefficient (Wildman–Crippen LogP) is 6.13. The average Bonchev–Trinajstić information content (AvgIpc) is 2.91. The van der Waals surface area contributed by atoms with Crippen molar-refractivity contribution in [3.05, 3.63) is 71.5 Å². The SMILES string of the molecule is COc1cccc(C(C)c2ccc(Oc3nccc(OC4CCN(C(=O)OC(C)C)CC4)c3C)cc2)n1. The van der Waals surface area contributed by atoms with Crippen molar-refractivity contribution in [1.29, 1.82) is 0 Å². The number of pyridine rings is 2. The third kappa shape index (κ3) is 6.70. The van der Waals surface area contributed by atoms with E-state index in [2.05, 4.69) is 16.9 Å². The molecule has 2 aromatic heterocycles. The van der Waals surface area contributed by atoms with Crippen LogP contribution in [-0.4, -0.2) is 53.4 Å². The maximum absolute atomic E-state index is 12.1. The van der Waals surface area contributed by atoms with Crippen molar-refractivity contribution >= 4 is 6.09 Å². The van der Waals surface area contributed by atoms with E-state index in [9.17, 15) is 4.79 Å². The van der Waals surface area contributed by atoms with Crippen LogP contribution in [0.1, 0.15) is 56.4 Å². The van der Waals surface area contributed by atoms with E-state index >= 15 is 0 Å². The summed E-state index contributed by atoms with van der Waals surface area (Å²) in [4.78, 5) is 22.8. The van der Waals surface area contributed by atoms with Gasteiger partial charge in [-0.1, -0.05) is 25.1 Å². The number of piperidine rings is 1. The van der Waals surface area contributed by atoms with Crippen LogP contribution in [0.3, 0.4) is 0 Å². The van der Waals surface area contributed by atoms with Gasteiger partial charge in [0, 0.05) is 44.1 Å². The second kappa shape index (κ2) is 12.0. The van der Waals surface area contributed by atoms with Crippen LogP contribution in [0.4, 0.5) is 4.79 Å². The molecule has 1 saturated heterocycles. The highest BCUT2D eigenvalue weighted by molar-refractivity contribution is 5.67. The molecule has 1 atom stereocenters. The number of rotatable bonds is 8. The van der Waals surface area contributed by atoms with Crippen LogP contribution in [0, 0.1) is 6.92 Å².